The molecule has 2 aromatic rings. The van der Waals surface area contributed by atoms with Crippen LogP contribution in [0, 0.1) is 17.8 Å². The first kappa shape index (κ1) is 21.8. The van der Waals surface area contributed by atoms with Crippen molar-refractivity contribution in [3.8, 4) is 0 Å². The fourth-order valence-electron chi connectivity index (χ4n) is 4.33. The molecule has 0 bridgehead atoms. The molecule has 4 rings (SSSR count). The topological polar surface area (TPSA) is 98.2 Å². The maximum atomic E-state index is 13.4. The minimum atomic E-state index is -4.37. The molecule has 1 amide bonds. The van der Waals surface area contributed by atoms with Crippen LogP contribution >= 0.6 is 0 Å². The van der Waals surface area contributed by atoms with Gasteiger partial charge in [-0.3, -0.25) is 4.79 Å². The SMILES string of the molecule is N[C@H](c1cn2nc(CC3C[C@@H](C(F)(F)F)CNC3=O)cnc2n1)C1CCC(F)(F)CC1. The Labute approximate surface area is 174 Å². The minimum absolute atomic E-state index is 0.0125. The number of halogens is 5. The smallest absolute Gasteiger partial charge is 0.355 e. The van der Waals surface area contributed by atoms with E-state index in [1.807, 2.05) is 0 Å². The molecule has 1 aliphatic carbocycles. The van der Waals surface area contributed by atoms with Crippen molar-refractivity contribution >= 4 is 11.7 Å². The first-order valence-electron chi connectivity index (χ1n) is 10.2. The van der Waals surface area contributed by atoms with Gasteiger partial charge in [-0.25, -0.2) is 23.3 Å². The van der Waals surface area contributed by atoms with Crippen LogP contribution in [-0.2, 0) is 11.2 Å². The van der Waals surface area contributed by atoms with Gasteiger partial charge in [0, 0.05) is 31.7 Å². The number of rotatable bonds is 4. The lowest BCUT2D eigenvalue weighted by Gasteiger charge is -2.31. The molecule has 3 heterocycles. The van der Waals surface area contributed by atoms with Gasteiger partial charge >= 0.3 is 6.18 Å². The van der Waals surface area contributed by atoms with Crippen LogP contribution in [0.2, 0.25) is 0 Å². The molecule has 0 aromatic carbocycles. The van der Waals surface area contributed by atoms with E-state index in [0.717, 1.165) is 0 Å². The molecule has 0 spiro atoms. The molecule has 3 atom stereocenters. The number of fused-ring (bicyclic) bond motifs is 1. The molecule has 7 nitrogen and oxygen atoms in total. The lowest BCUT2D eigenvalue weighted by atomic mass is 9.81. The van der Waals surface area contributed by atoms with Crippen LogP contribution in [0.15, 0.2) is 12.4 Å². The van der Waals surface area contributed by atoms with Crippen LogP contribution in [0.25, 0.3) is 5.78 Å². The molecule has 2 aromatic heterocycles. The van der Waals surface area contributed by atoms with Gasteiger partial charge in [0.2, 0.25) is 11.8 Å². The molecule has 1 aliphatic heterocycles. The zero-order chi connectivity index (χ0) is 22.4. The summed E-state index contributed by atoms with van der Waals surface area (Å²) >= 11 is 0. The minimum Gasteiger partial charge on any atom is -0.355 e. The standard InChI is InChI=1S/C19H23F5N6O/c20-18(21)3-1-10(2-4-18)15(25)14-9-30-17(28-14)27-8-13(29-30)6-11-5-12(19(22,23)24)7-26-16(11)31/h8-12,15H,1-7,25H2,(H,26,31)/t11?,12-,15+/m1/s1. The number of nitrogens with two attached hydrogens (primary N) is 1. The van der Waals surface area contributed by atoms with Crippen molar-refractivity contribution in [2.45, 2.75) is 56.7 Å². The van der Waals surface area contributed by atoms with Gasteiger partial charge in [0.25, 0.3) is 5.78 Å². The molecular weight excluding hydrogens is 423 g/mol. The molecule has 1 saturated heterocycles. The van der Waals surface area contributed by atoms with Crippen molar-refractivity contribution in [1.82, 2.24) is 24.9 Å². The van der Waals surface area contributed by atoms with Crippen LogP contribution in [-0.4, -0.2) is 44.1 Å². The summed E-state index contributed by atoms with van der Waals surface area (Å²) in [5.41, 5.74) is 7.07. The van der Waals surface area contributed by atoms with Crippen LogP contribution in [0.5, 0.6) is 0 Å². The molecule has 2 fully saturated rings. The average molecular weight is 446 g/mol. The number of piperidine rings is 1. The van der Waals surface area contributed by atoms with Crippen molar-refractivity contribution in [3.05, 3.63) is 23.8 Å². The summed E-state index contributed by atoms with van der Waals surface area (Å²) in [7, 11) is 0. The average Bonchev–Trinajstić information content (AvgIpc) is 3.11. The zero-order valence-electron chi connectivity index (χ0n) is 16.6. The Morgan fingerprint density at radius 3 is 2.68 bits per heavy atom. The van der Waals surface area contributed by atoms with E-state index in [4.69, 9.17) is 5.73 Å². The van der Waals surface area contributed by atoms with E-state index in [1.165, 1.54) is 10.7 Å². The number of hydrogen-bond acceptors (Lipinski definition) is 5. The molecule has 31 heavy (non-hydrogen) atoms. The van der Waals surface area contributed by atoms with Crippen LogP contribution in [0.1, 0.15) is 49.5 Å². The number of aromatic nitrogens is 4. The highest BCUT2D eigenvalue weighted by Gasteiger charge is 2.44. The van der Waals surface area contributed by atoms with E-state index in [9.17, 15) is 26.7 Å². The number of alkyl halides is 5. The number of hydrogen-bond donors (Lipinski definition) is 2. The number of imidazole rings is 1. The number of nitrogens with zero attached hydrogens (tertiary/aromatic N) is 4. The number of amides is 1. The van der Waals surface area contributed by atoms with E-state index < -0.39 is 42.4 Å². The molecule has 2 aliphatic rings. The second kappa shape index (κ2) is 7.95. The van der Waals surface area contributed by atoms with E-state index in [2.05, 4.69) is 20.4 Å². The lowest BCUT2D eigenvalue weighted by Crippen LogP contribution is -2.47. The van der Waals surface area contributed by atoms with Crippen LogP contribution < -0.4 is 11.1 Å². The summed E-state index contributed by atoms with van der Waals surface area (Å²) in [6.07, 6.45) is -1.55. The molecule has 12 heteroatoms. The van der Waals surface area contributed by atoms with Gasteiger partial charge in [0.15, 0.2) is 0 Å². The van der Waals surface area contributed by atoms with Crippen molar-refractivity contribution < 1.29 is 26.7 Å². The van der Waals surface area contributed by atoms with Crippen molar-refractivity contribution in [2.24, 2.45) is 23.5 Å². The van der Waals surface area contributed by atoms with Crippen LogP contribution in [0.3, 0.4) is 0 Å². The second-order valence-electron chi connectivity index (χ2n) is 8.50. The fraction of sp³-hybridized carbons (Fsp3) is 0.684. The van der Waals surface area contributed by atoms with Crippen molar-refractivity contribution in [3.63, 3.8) is 0 Å². The van der Waals surface area contributed by atoms with E-state index in [0.29, 0.717) is 24.2 Å². The number of carbonyl (C=O) groups is 1. The zero-order valence-corrected chi connectivity index (χ0v) is 16.6. The molecule has 0 radical (unpaired) electrons. The summed E-state index contributed by atoms with van der Waals surface area (Å²) in [4.78, 5) is 20.5. The van der Waals surface area contributed by atoms with Gasteiger partial charge in [-0.2, -0.15) is 18.3 Å². The monoisotopic (exact) mass is 446 g/mol. The summed E-state index contributed by atoms with van der Waals surface area (Å²) in [6.45, 7) is -0.417. The maximum Gasteiger partial charge on any atom is 0.393 e. The normalized spacial score (nSPS) is 26.1. The lowest BCUT2D eigenvalue weighted by molar-refractivity contribution is -0.183. The molecule has 1 unspecified atom stereocenters. The van der Waals surface area contributed by atoms with E-state index in [-0.39, 0.29) is 37.4 Å². The van der Waals surface area contributed by atoms with Crippen molar-refractivity contribution in [1.29, 1.82) is 0 Å². The molecular formula is C19H23F5N6O. The van der Waals surface area contributed by atoms with E-state index >= 15 is 0 Å². The first-order chi connectivity index (χ1) is 14.5. The molecule has 1 saturated carbocycles. The quantitative estimate of drug-likeness (QED) is 0.704. The van der Waals surface area contributed by atoms with Crippen molar-refractivity contribution in [2.75, 3.05) is 6.54 Å². The van der Waals surface area contributed by atoms with Gasteiger partial charge in [-0.05, 0) is 25.2 Å². The summed E-state index contributed by atoms with van der Waals surface area (Å²) in [5.74, 6) is -5.42. The third kappa shape index (κ3) is 4.78. The molecule has 170 valence electrons. The number of carbonyl (C=O) groups excluding carboxylic acids is 1. The van der Waals surface area contributed by atoms with Gasteiger partial charge in [-0.15, -0.1) is 0 Å². The highest BCUT2D eigenvalue weighted by Crippen LogP contribution is 2.40. The highest BCUT2D eigenvalue weighted by atomic mass is 19.4. The largest absolute Gasteiger partial charge is 0.393 e. The van der Waals surface area contributed by atoms with Gasteiger partial charge in [0.05, 0.1) is 35.7 Å². The second-order valence-corrected chi connectivity index (χ2v) is 8.50. The summed E-state index contributed by atoms with van der Waals surface area (Å²) in [5, 5.41) is 6.63. The Morgan fingerprint density at radius 1 is 1.29 bits per heavy atom. The third-order valence-corrected chi connectivity index (χ3v) is 6.25. The Morgan fingerprint density at radius 2 is 2.00 bits per heavy atom. The Bertz CT molecular complexity index is 951. The Kier molecular flexibility index (Phi) is 5.61. The van der Waals surface area contributed by atoms with Gasteiger partial charge in [-0.1, -0.05) is 0 Å². The van der Waals surface area contributed by atoms with Crippen LogP contribution in [0.4, 0.5) is 22.0 Å². The summed E-state index contributed by atoms with van der Waals surface area (Å²) in [6, 6.07) is -0.542. The highest BCUT2D eigenvalue weighted by molar-refractivity contribution is 5.79. The predicted octanol–water partition coefficient (Wildman–Crippen LogP) is 2.81. The fourth-order valence-corrected chi connectivity index (χ4v) is 4.33. The van der Waals surface area contributed by atoms with Gasteiger partial charge in [0.1, 0.15) is 0 Å². The Balaban J connectivity index is 1.47. The Hall–Kier alpha value is -2.37. The molecule has 3 N–H and O–H groups in total. The predicted molar refractivity (Wildman–Crippen MR) is 99.0 cm³/mol. The van der Waals surface area contributed by atoms with Gasteiger partial charge < -0.3 is 11.1 Å². The third-order valence-electron chi connectivity index (χ3n) is 6.25. The number of nitrogens with one attached hydrogen (secondary N) is 1. The maximum absolute atomic E-state index is 13.4. The summed E-state index contributed by atoms with van der Waals surface area (Å²) < 4.78 is 67.2. The van der Waals surface area contributed by atoms with E-state index in [1.54, 1.807) is 6.20 Å². The first-order valence-corrected chi connectivity index (χ1v) is 10.2.